The first-order chi connectivity index (χ1) is 8.73. The van der Waals surface area contributed by atoms with Gasteiger partial charge in [0.15, 0.2) is 12.6 Å². The number of aliphatic hydroxyl groups is 1. The van der Waals surface area contributed by atoms with E-state index in [0.717, 1.165) is 12.1 Å². The summed E-state index contributed by atoms with van der Waals surface area (Å²) in [5, 5.41) is 9.62. The molecule has 1 aromatic carbocycles. The van der Waals surface area contributed by atoms with Crippen LogP contribution >= 0.6 is 0 Å². The molecule has 0 aromatic heterocycles. The van der Waals surface area contributed by atoms with Gasteiger partial charge in [-0.3, -0.25) is 4.79 Å². The molecule has 0 fully saturated rings. The number of alkyl halides is 3. The van der Waals surface area contributed by atoms with E-state index in [1.807, 2.05) is 0 Å². The van der Waals surface area contributed by atoms with Crippen LogP contribution in [0.5, 0.6) is 5.75 Å². The maximum Gasteiger partial charge on any atom is 0.428 e. The molecule has 0 saturated carbocycles. The Morgan fingerprint density at radius 1 is 1.26 bits per heavy atom. The van der Waals surface area contributed by atoms with E-state index in [0.29, 0.717) is 6.92 Å². The Hall–Kier alpha value is -1.60. The van der Waals surface area contributed by atoms with Crippen LogP contribution in [0.1, 0.15) is 12.5 Å². The van der Waals surface area contributed by atoms with Crippen LogP contribution in [0.15, 0.2) is 24.3 Å². The highest BCUT2D eigenvalue weighted by atomic mass is 19.4. The average Bonchev–Trinajstić information content (AvgIpc) is 2.34. The van der Waals surface area contributed by atoms with Crippen LogP contribution in [-0.2, 0) is 15.1 Å². The SMILES string of the molecule is COCOc1ccc(C(O)(C(C)=O)C(F)(F)F)cc1. The van der Waals surface area contributed by atoms with Crippen LogP contribution in [0.25, 0.3) is 0 Å². The smallest absolute Gasteiger partial charge is 0.428 e. The number of ketones is 1. The number of benzene rings is 1. The summed E-state index contributed by atoms with van der Waals surface area (Å²) in [7, 11) is 1.40. The van der Waals surface area contributed by atoms with Crippen molar-refractivity contribution >= 4 is 5.78 Å². The lowest BCUT2D eigenvalue weighted by Crippen LogP contribution is -2.48. The van der Waals surface area contributed by atoms with E-state index < -0.39 is 23.1 Å². The Bertz CT molecular complexity index is 441. The fourth-order valence-corrected chi connectivity index (χ4v) is 1.49. The summed E-state index contributed by atoms with van der Waals surface area (Å²) in [5.41, 5.74) is -4.07. The first kappa shape index (κ1) is 15.5. The van der Waals surface area contributed by atoms with Crippen molar-refractivity contribution in [1.29, 1.82) is 0 Å². The van der Waals surface area contributed by atoms with E-state index in [-0.39, 0.29) is 12.5 Å². The van der Waals surface area contributed by atoms with Crippen molar-refractivity contribution in [3.05, 3.63) is 29.8 Å². The van der Waals surface area contributed by atoms with Gasteiger partial charge in [-0.25, -0.2) is 0 Å². The Morgan fingerprint density at radius 2 is 1.79 bits per heavy atom. The summed E-state index contributed by atoms with van der Waals surface area (Å²) < 4.78 is 48.1. The molecule has 4 nitrogen and oxygen atoms in total. The molecule has 0 spiro atoms. The highest BCUT2D eigenvalue weighted by Crippen LogP contribution is 2.40. The molecule has 0 aliphatic heterocycles. The zero-order valence-corrected chi connectivity index (χ0v) is 10.3. The number of Topliss-reactive ketones (excluding diaryl/α,β-unsaturated/α-hetero) is 1. The summed E-state index contributed by atoms with van der Waals surface area (Å²) in [4.78, 5) is 11.1. The molecule has 0 aliphatic carbocycles. The lowest BCUT2D eigenvalue weighted by Gasteiger charge is -2.28. The predicted molar refractivity (Wildman–Crippen MR) is 59.6 cm³/mol. The minimum absolute atomic E-state index is 0.0599. The molecule has 106 valence electrons. The number of rotatable bonds is 5. The van der Waals surface area contributed by atoms with Gasteiger partial charge in [-0.1, -0.05) is 12.1 Å². The van der Waals surface area contributed by atoms with Gasteiger partial charge in [0.1, 0.15) is 5.75 Å². The number of carbonyl (C=O) groups excluding carboxylic acids is 1. The normalized spacial score (nSPS) is 14.8. The van der Waals surface area contributed by atoms with Crippen LogP contribution < -0.4 is 4.74 Å². The fraction of sp³-hybridized carbons (Fsp3) is 0.417. The van der Waals surface area contributed by atoms with Crippen LogP contribution in [0.4, 0.5) is 13.2 Å². The lowest BCUT2D eigenvalue weighted by molar-refractivity contribution is -0.254. The van der Waals surface area contributed by atoms with E-state index in [1.165, 1.54) is 19.2 Å². The highest BCUT2D eigenvalue weighted by molar-refractivity contribution is 5.87. The minimum Gasteiger partial charge on any atom is -0.468 e. The van der Waals surface area contributed by atoms with E-state index in [2.05, 4.69) is 4.74 Å². The van der Waals surface area contributed by atoms with Crippen LogP contribution in [0, 0.1) is 0 Å². The number of methoxy groups -OCH3 is 1. The minimum atomic E-state index is -5.09. The van der Waals surface area contributed by atoms with Gasteiger partial charge in [0.05, 0.1) is 0 Å². The number of ether oxygens (including phenoxy) is 2. The number of carbonyl (C=O) groups is 1. The maximum absolute atomic E-state index is 12.8. The van der Waals surface area contributed by atoms with Crippen molar-refractivity contribution in [3.63, 3.8) is 0 Å². The van der Waals surface area contributed by atoms with Gasteiger partial charge in [-0.2, -0.15) is 13.2 Å². The van der Waals surface area contributed by atoms with Crippen molar-refractivity contribution in [1.82, 2.24) is 0 Å². The molecule has 1 rings (SSSR count). The molecule has 1 unspecified atom stereocenters. The summed E-state index contributed by atoms with van der Waals surface area (Å²) in [5.74, 6) is -1.13. The van der Waals surface area contributed by atoms with Crippen molar-refractivity contribution < 1.29 is 32.5 Å². The van der Waals surface area contributed by atoms with Crippen LogP contribution in [0.3, 0.4) is 0 Å². The van der Waals surface area contributed by atoms with Gasteiger partial charge in [0.25, 0.3) is 0 Å². The lowest BCUT2D eigenvalue weighted by atomic mass is 9.89. The van der Waals surface area contributed by atoms with E-state index in [4.69, 9.17) is 4.74 Å². The second kappa shape index (κ2) is 5.58. The van der Waals surface area contributed by atoms with Gasteiger partial charge in [0.2, 0.25) is 5.60 Å². The second-order valence-electron chi connectivity index (χ2n) is 3.84. The molecule has 0 bridgehead atoms. The molecule has 0 aliphatic rings. The molecule has 1 aromatic rings. The third-order valence-electron chi connectivity index (χ3n) is 2.54. The van der Waals surface area contributed by atoms with Crippen molar-refractivity contribution in [2.24, 2.45) is 0 Å². The zero-order chi connectivity index (χ0) is 14.7. The Labute approximate surface area is 107 Å². The second-order valence-corrected chi connectivity index (χ2v) is 3.84. The van der Waals surface area contributed by atoms with Gasteiger partial charge >= 0.3 is 6.18 Å². The molecular weight excluding hydrogens is 265 g/mol. The Balaban J connectivity index is 3.09. The maximum atomic E-state index is 12.8. The van der Waals surface area contributed by atoms with Gasteiger partial charge in [0, 0.05) is 12.7 Å². The first-order valence-corrected chi connectivity index (χ1v) is 5.26. The molecule has 19 heavy (non-hydrogen) atoms. The van der Waals surface area contributed by atoms with Crippen LogP contribution in [-0.4, -0.2) is 31.0 Å². The van der Waals surface area contributed by atoms with Crippen molar-refractivity contribution in [2.45, 2.75) is 18.7 Å². The summed E-state index contributed by atoms with van der Waals surface area (Å²) in [6, 6.07) is 4.40. The monoisotopic (exact) mass is 278 g/mol. The summed E-state index contributed by atoms with van der Waals surface area (Å²) in [6.07, 6.45) is -5.09. The zero-order valence-electron chi connectivity index (χ0n) is 10.3. The number of hydrogen-bond acceptors (Lipinski definition) is 4. The van der Waals surface area contributed by atoms with E-state index >= 15 is 0 Å². The Kier molecular flexibility index (Phi) is 4.54. The standard InChI is InChI=1S/C12H13F3O4/c1-8(16)11(17,12(13,14)15)9-3-5-10(6-4-9)19-7-18-2/h3-6,17H,7H2,1-2H3. The van der Waals surface area contributed by atoms with E-state index in [1.54, 1.807) is 0 Å². The number of halogens is 3. The van der Waals surface area contributed by atoms with Gasteiger partial charge < -0.3 is 14.6 Å². The van der Waals surface area contributed by atoms with Crippen molar-refractivity contribution in [2.75, 3.05) is 13.9 Å². The molecule has 1 N–H and O–H groups in total. The van der Waals surface area contributed by atoms with E-state index in [9.17, 15) is 23.1 Å². The molecule has 1 atom stereocenters. The molecule has 0 heterocycles. The third-order valence-corrected chi connectivity index (χ3v) is 2.54. The summed E-state index contributed by atoms with van der Waals surface area (Å²) >= 11 is 0. The van der Waals surface area contributed by atoms with Gasteiger partial charge in [-0.05, 0) is 19.1 Å². The molecular formula is C12H13F3O4. The van der Waals surface area contributed by atoms with Gasteiger partial charge in [-0.15, -0.1) is 0 Å². The van der Waals surface area contributed by atoms with Crippen molar-refractivity contribution in [3.8, 4) is 5.75 Å². The quantitative estimate of drug-likeness (QED) is 0.837. The third kappa shape index (κ3) is 3.05. The summed E-state index contributed by atoms with van der Waals surface area (Å²) in [6.45, 7) is 0.623. The molecule has 0 radical (unpaired) electrons. The largest absolute Gasteiger partial charge is 0.468 e. The fourth-order valence-electron chi connectivity index (χ4n) is 1.49. The predicted octanol–water partition coefficient (Wildman–Crippen LogP) is 2.01. The van der Waals surface area contributed by atoms with Crippen LogP contribution in [0.2, 0.25) is 0 Å². The molecule has 0 saturated heterocycles. The molecule has 7 heteroatoms. The molecule has 0 amide bonds. The Morgan fingerprint density at radius 3 is 2.16 bits per heavy atom. The number of hydrogen-bond donors (Lipinski definition) is 1. The first-order valence-electron chi connectivity index (χ1n) is 5.26. The highest BCUT2D eigenvalue weighted by Gasteiger charge is 2.58. The topological polar surface area (TPSA) is 55.8 Å². The average molecular weight is 278 g/mol.